The standard InChI is InChI=1S/C16H13BrClN/c1-19-10-12(9-11-5-7-13(17)8-6-11)16-14(18)3-2-4-15(16)19/h2-8,10H,9H2,1H3. The quantitative estimate of drug-likeness (QED) is 0.608. The van der Waals surface area contributed by atoms with Gasteiger partial charge in [0.25, 0.3) is 0 Å². The summed E-state index contributed by atoms with van der Waals surface area (Å²) >= 11 is 9.81. The van der Waals surface area contributed by atoms with Crippen LogP contribution < -0.4 is 0 Å². The lowest BCUT2D eigenvalue weighted by Crippen LogP contribution is -1.87. The molecule has 0 amide bonds. The van der Waals surface area contributed by atoms with E-state index in [4.69, 9.17) is 11.6 Å². The molecule has 0 saturated carbocycles. The molecule has 0 aliphatic rings. The van der Waals surface area contributed by atoms with Crippen LogP contribution in [-0.4, -0.2) is 4.57 Å². The predicted octanol–water partition coefficient (Wildman–Crippen LogP) is 5.19. The summed E-state index contributed by atoms with van der Waals surface area (Å²) in [5.41, 5.74) is 3.74. The maximum atomic E-state index is 6.35. The second kappa shape index (κ2) is 5.03. The highest BCUT2D eigenvalue weighted by Gasteiger charge is 2.10. The van der Waals surface area contributed by atoms with Gasteiger partial charge in [-0.15, -0.1) is 0 Å². The first-order valence-electron chi connectivity index (χ1n) is 6.12. The van der Waals surface area contributed by atoms with Crippen molar-refractivity contribution in [3.63, 3.8) is 0 Å². The first-order valence-corrected chi connectivity index (χ1v) is 7.29. The average Bonchev–Trinajstić information content (AvgIpc) is 2.71. The zero-order valence-electron chi connectivity index (χ0n) is 10.5. The van der Waals surface area contributed by atoms with Gasteiger partial charge in [0.1, 0.15) is 0 Å². The van der Waals surface area contributed by atoms with Gasteiger partial charge in [-0.2, -0.15) is 0 Å². The summed E-state index contributed by atoms with van der Waals surface area (Å²) in [6.45, 7) is 0. The second-order valence-corrected chi connectivity index (χ2v) is 6.03. The van der Waals surface area contributed by atoms with Crippen LogP contribution in [0.2, 0.25) is 5.02 Å². The molecule has 3 rings (SSSR count). The summed E-state index contributed by atoms with van der Waals surface area (Å²) in [6.07, 6.45) is 3.06. The molecule has 3 heteroatoms. The van der Waals surface area contributed by atoms with Crippen molar-refractivity contribution in [1.82, 2.24) is 4.57 Å². The van der Waals surface area contributed by atoms with E-state index in [9.17, 15) is 0 Å². The van der Waals surface area contributed by atoms with Crippen molar-refractivity contribution in [2.45, 2.75) is 6.42 Å². The molecule has 1 nitrogen and oxygen atoms in total. The lowest BCUT2D eigenvalue weighted by Gasteiger charge is -2.02. The predicted molar refractivity (Wildman–Crippen MR) is 84.9 cm³/mol. The van der Waals surface area contributed by atoms with E-state index in [1.807, 2.05) is 12.1 Å². The van der Waals surface area contributed by atoms with Gasteiger partial charge in [0.15, 0.2) is 0 Å². The molecule has 96 valence electrons. The molecule has 0 aliphatic heterocycles. The highest BCUT2D eigenvalue weighted by atomic mass is 79.9. The number of hydrogen-bond acceptors (Lipinski definition) is 0. The molecule has 1 aromatic heterocycles. The van der Waals surface area contributed by atoms with Gasteiger partial charge in [0.2, 0.25) is 0 Å². The van der Waals surface area contributed by atoms with Crippen LogP contribution in [0, 0.1) is 0 Å². The molecular weight excluding hydrogens is 322 g/mol. The van der Waals surface area contributed by atoms with Crippen LogP contribution in [0.5, 0.6) is 0 Å². The Kier molecular flexibility index (Phi) is 3.38. The normalized spacial score (nSPS) is 11.1. The molecule has 2 aromatic carbocycles. The van der Waals surface area contributed by atoms with E-state index in [1.54, 1.807) is 0 Å². The summed E-state index contributed by atoms with van der Waals surface area (Å²) in [5.74, 6) is 0. The molecule has 0 fully saturated rings. The first kappa shape index (κ1) is 12.8. The largest absolute Gasteiger partial charge is 0.350 e. The van der Waals surface area contributed by atoms with Gasteiger partial charge in [-0.25, -0.2) is 0 Å². The van der Waals surface area contributed by atoms with Gasteiger partial charge < -0.3 is 4.57 Å². The summed E-state index contributed by atoms with van der Waals surface area (Å²) in [4.78, 5) is 0. The van der Waals surface area contributed by atoms with Gasteiger partial charge >= 0.3 is 0 Å². The highest BCUT2D eigenvalue weighted by molar-refractivity contribution is 9.10. The Hall–Kier alpha value is -1.25. The number of halogens is 2. The van der Waals surface area contributed by atoms with Crippen molar-refractivity contribution < 1.29 is 0 Å². The lowest BCUT2D eigenvalue weighted by atomic mass is 10.0. The van der Waals surface area contributed by atoms with Crippen LogP contribution in [-0.2, 0) is 13.5 Å². The number of fused-ring (bicyclic) bond motifs is 1. The Balaban J connectivity index is 2.08. The molecule has 1 heterocycles. The molecule has 19 heavy (non-hydrogen) atoms. The lowest BCUT2D eigenvalue weighted by molar-refractivity contribution is 0.958. The Morgan fingerprint density at radius 2 is 1.84 bits per heavy atom. The third kappa shape index (κ3) is 2.43. The molecule has 0 bridgehead atoms. The van der Waals surface area contributed by atoms with Crippen molar-refractivity contribution >= 4 is 38.4 Å². The zero-order valence-corrected chi connectivity index (χ0v) is 12.9. The monoisotopic (exact) mass is 333 g/mol. The Morgan fingerprint density at radius 1 is 1.11 bits per heavy atom. The van der Waals surface area contributed by atoms with E-state index in [0.717, 1.165) is 21.3 Å². The minimum atomic E-state index is 0.824. The van der Waals surface area contributed by atoms with E-state index >= 15 is 0 Å². The molecule has 0 N–H and O–H groups in total. The second-order valence-electron chi connectivity index (χ2n) is 4.70. The summed E-state index contributed by atoms with van der Waals surface area (Å²) in [7, 11) is 2.06. The van der Waals surface area contributed by atoms with Gasteiger partial charge in [-0.3, -0.25) is 0 Å². The molecule has 0 saturated heterocycles. The maximum absolute atomic E-state index is 6.35. The highest BCUT2D eigenvalue weighted by Crippen LogP contribution is 2.29. The van der Waals surface area contributed by atoms with Crippen LogP contribution in [0.15, 0.2) is 53.1 Å². The van der Waals surface area contributed by atoms with Crippen LogP contribution in [0.25, 0.3) is 10.9 Å². The smallest absolute Gasteiger partial charge is 0.0502 e. The van der Waals surface area contributed by atoms with Crippen molar-refractivity contribution in [2.75, 3.05) is 0 Å². The van der Waals surface area contributed by atoms with Gasteiger partial charge in [0, 0.05) is 28.6 Å². The first-order chi connectivity index (χ1) is 9.15. The summed E-state index contributed by atoms with van der Waals surface area (Å²) in [6, 6.07) is 14.5. The topological polar surface area (TPSA) is 4.93 Å². The van der Waals surface area contributed by atoms with E-state index < -0.39 is 0 Å². The van der Waals surface area contributed by atoms with Crippen molar-refractivity contribution in [3.8, 4) is 0 Å². The van der Waals surface area contributed by atoms with E-state index in [0.29, 0.717) is 0 Å². The third-order valence-electron chi connectivity index (χ3n) is 3.35. The summed E-state index contributed by atoms with van der Waals surface area (Å²) < 4.78 is 3.24. The molecule has 0 spiro atoms. The number of benzene rings is 2. The maximum Gasteiger partial charge on any atom is 0.0502 e. The average molecular weight is 335 g/mol. The Labute approximate surface area is 125 Å². The minimum absolute atomic E-state index is 0.824. The van der Waals surface area contributed by atoms with Crippen LogP contribution >= 0.6 is 27.5 Å². The fraction of sp³-hybridized carbons (Fsp3) is 0.125. The number of nitrogens with zero attached hydrogens (tertiary/aromatic N) is 1. The molecular formula is C16H13BrClN. The Bertz CT molecular complexity index is 728. The molecule has 0 radical (unpaired) electrons. The fourth-order valence-electron chi connectivity index (χ4n) is 2.45. The van der Waals surface area contributed by atoms with Gasteiger partial charge in [-0.1, -0.05) is 45.7 Å². The fourth-order valence-corrected chi connectivity index (χ4v) is 3.00. The Morgan fingerprint density at radius 3 is 2.58 bits per heavy atom. The molecule has 0 atom stereocenters. The minimum Gasteiger partial charge on any atom is -0.350 e. The van der Waals surface area contributed by atoms with Crippen LogP contribution in [0.4, 0.5) is 0 Å². The zero-order chi connectivity index (χ0) is 13.4. The van der Waals surface area contributed by atoms with E-state index in [-0.39, 0.29) is 0 Å². The van der Waals surface area contributed by atoms with Gasteiger partial charge in [0.05, 0.1) is 5.02 Å². The summed E-state index contributed by atoms with van der Waals surface area (Å²) in [5, 5.41) is 1.99. The third-order valence-corrected chi connectivity index (χ3v) is 4.19. The number of hydrogen-bond donors (Lipinski definition) is 0. The number of aromatic nitrogens is 1. The number of rotatable bonds is 2. The van der Waals surface area contributed by atoms with Crippen molar-refractivity contribution in [3.05, 3.63) is 69.3 Å². The van der Waals surface area contributed by atoms with E-state index in [1.165, 1.54) is 16.6 Å². The van der Waals surface area contributed by atoms with Crippen molar-refractivity contribution in [2.24, 2.45) is 7.05 Å². The van der Waals surface area contributed by atoms with Crippen molar-refractivity contribution in [1.29, 1.82) is 0 Å². The molecule has 0 aliphatic carbocycles. The van der Waals surface area contributed by atoms with Crippen LogP contribution in [0.3, 0.4) is 0 Å². The number of aryl methyl sites for hydroxylation is 1. The van der Waals surface area contributed by atoms with Gasteiger partial charge in [-0.05, 0) is 41.8 Å². The molecule has 3 aromatic rings. The molecule has 0 unspecified atom stereocenters. The van der Waals surface area contributed by atoms with Crippen LogP contribution in [0.1, 0.15) is 11.1 Å². The SMILES string of the molecule is Cn1cc(Cc2ccc(Br)cc2)c2c(Cl)cccc21. The van der Waals surface area contributed by atoms with E-state index in [2.05, 4.69) is 64.1 Å².